The van der Waals surface area contributed by atoms with Crippen LogP contribution in [0.15, 0.2) is 65.3 Å². The maximum atomic E-state index is 4.83. The second kappa shape index (κ2) is 5.95. The average molecular weight is 383 g/mol. The first kappa shape index (κ1) is 14.7. The van der Waals surface area contributed by atoms with E-state index in [-0.39, 0.29) is 0 Å². The summed E-state index contributed by atoms with van der Waals surface area (Å²) >= 11 is 5.29. The van der Waals surface area contributed by atoms with Gasteiger partial charge in [-0.2, -0.15) is 0 Å². The number of imidazole rings is 1. The second-order valence-electron chi connectivity index (χ2n) is 5.38. The fraction of sp³-hybridized carbons (Fsp3) is 0.105. The Morgan fingerprint density at radius 3 is 2.43 bits per heavy atom. The number of hydrogen-bond donors (Lipinski definition) is 0. The van der Waals surface area contributed by atoms with Gasteiger partial charge in [-0.3, -0.25) is 4.40 Å². The Morgan fingerprint density at radius 1 is 1.00 bits per heavy atom. The van der Waals surface area contributed by atoms with Gasteiger partial charge in [-0.15, -0.1) is 11.3 Å². The van der Waals surface area contributed by atoms with Gasteiger partial charge in [0.15, 0.2) is 4.96 Å². The Bertz CT molecular complexity index is 952. The quantitative estimate of drug-likeness (QED) is 0.421. The van der Waals surface area contributed by atoms with E-state index in [2.05, 4.69) is 82.0 Å². The van der Waals surface area contributed by atoms with Gasteiger partial charge in [0.1, 0.15) is 0 Å². The van der Waals surface area contributed by atoms with Crippen LogP contribution in [-0.4, -0.2) is 9.38 Å². The largest absolute Gasteiger partial charge is 0.289 e. The minimum Gasteiger partial charge on any atom is -0.289 e. The van der Waals surface area contributed by atoms with Gasteiger partial charge in [0, 0.05) is 21.1 Å². The van der Waals surface area contributed by atoms with E-state index in [1.807, 2.05) is 6.07 Å². The van der Waals surface area contributed by atoms with E-state index in [1.165, 1.54) is 16.1 Å². The van der Waals surface area contributed by atoms with Crippen molar-refractivity contribution in [1.29, 1.82) is 0 Å². The van der Waals surface area contributed by atoms with E-state index in [4.69, 9.17) is 4.98 Å². The topological polar surface area (TPSA) is 17.3 Å². The van der Waals surface area contributed by atoms with E-state index in [1.54, 1.807) is 11.3 Å². The first-order valence-corrected chi connectivity index (χ1v) is 9.19. The molecule has 0 aliphatic carbocycles. The maximum Gasteiger partial charge on any atom is 0.194 e. The molecule has 0 N–H and O–H groups in total. The number of thiazole rings is 1. The van der Waals surface area contributed by atoms with Crippen molar-refractivity contribution in [3.05, 3.63) is 70.1 Å². The molecule has 0 bridgehead atoms. The van der Waals surface area contributed by atoms with E-state index < -0.39 is 0 Å². The summed E-state index contributed by atoms with van der Waals surface area (Å²) in [7, 11) is 0. The van der Waals surface area contributed by atoms with Crippen molar-refractivity contribution in [2.75, 3.05) is 0 Å². The van der Waals surface area contributed by atoms with Crippen molar-refractivity contribution >= 4 is 32.2 Å². The van der Waals surface area contributed by atoms with E-state index in [9.17, 15) is 0 Å². The number of aryl methyl sites for hydroxylation is 1. The lowest BCUT2D eigenvalue weighted by Gasteiger charge is -2.04. The van der Waals surface area contributed by atoms with Crippen LogP contribution in [-0.2, 0) is 6.42 Å². The van der Waals surface area contributed by atoms with Crippen molar-refractivity contribution in [1.82, 2.24) is 9.38 Å². The Hall–Kier alpha value is -1.91. The monoisotopic (exact) mass is 382 g/mol. The van der Waals surface area contributed by atoms with Crippen molar-refractivity contribution in [2.45, 2.75) is 13.3 Å². The molecule has 0 saturated heterocycles. The minimum absolute atomic E-state index is 1.01. The number of halogens is 1. The third-order valence-electron chi connectivity index (χ3n) is 3.90. The van der Waals surface area contributed by atoms with Crippen molar-refractivity contribution in [3.63, 3.8) is 0 Å². The first-order valence-electron chi connectivity index (χ1n) is 7.58. The number of hydrogen-bond acceptors (Lipinski definition) is 2. The normalized spacial score (nSPS) is 11.2. The van der Waals surface area contributed by atoms with Crippen molar-refractivity contribution in [2.24, 2.45) is 0 Å². The third-order valence-corrected chi connectivity index (χ3v) is 5.63. The average Bonchev–Trinajstić information content (AvgIpc) is 3.14. The van der Waals surface area contributed by atoms with Crippen LogP contribution in [0.5, 0.6) is 0 Å². The number of aromatic nitrogens is 2. The summed E-state index contributed by atoms with van der Waals surface area (Å²) in [4.78, 5) is 7.25. The summed E-state index contributed by atoms with van der Waals surface area (Å²) < 4.78 is 3.33. The molecule has 2 nitrogen and oxygen atoms in total. The smallest absolute Gasteiger partial charge is 0.194 e. The van der Waals surface area contributed by atoms with Crippen LogP contribution in [0.25, 0.3) is 27.5 Å². The molecule has 0 saturated carbocycles. The summed E-state index contributed by atoms with van der Waals surface area (Å²) in [5.41, 5.74) is 4.67. The highest BCUT2D eigenvalue weighted by Crippen LogP contribution is 2.34. The van der Waals surface area contributed by atoms with E-state index in [0.717, 1.165) is 27.1 Å². The van der Waals surface area contributed by atoms with Crippen LogP contribution in [0.2, 0.25) is 0 Å². The lowest BCUT2D eigenvalue weighted by Crippen LogP contribution is -1.88. The second-order valence-corrected chi connectivity index (χ2v) is 7.36. The number of nitrogens with zero attached hydrogens (tertiary/aromatic N) is 2. The van der Waals surface area contributed by atoms with Gasteiger partial charge in [-0.1, -0.05) is 65.3 Å². The zero-order chi connectivity index (χ0) is 15.8. The molecule has 0 aliphatic heterocycles. The van der Waals surface area contributed by atoms with Gasteiger partial charge in [0.05, 0.1) is 11.4 Å². The predicted molar refractivity (Wildman–Crippen MR) is 101 cm³/mol. The zero-order valence-electron chi connectivity index (χ0n) is 12.7. The van der Waals surface area contributed by atoms with Crippen LogP contribution in [0.4, 0.5) is 0 Å². The number of benzene rings is 2. The fourth-order valence-corrected chi connectivity index (χ4v) is 4.11. The lowest BCUT2D eigenvalue weighted by molar-refractivity contribution is 1.14. The van der Waals surface area contributed by atoms with Crippen molar-refractivity contribution in [3.8, 4) is 22.5 Å². The highest BCUT2D eigenvalue weighted by Gasteiger charge is 2.16. The summed E-state index contributed by atoms with van der Waals surface area (Å²) in [6.45, 7) is 2.20. The highest BCUT2D eigenvalue weighted by atomic mass is 79.9. The molecule has 2 aromatic carbocycles. The van der Waals surface area contributed by atoms with Crippen LogP contribution in [0.1, 0.15) is 11.8 Å². The van der Waals surface area contributed by atoms with Crippen LogP contribution >= 0.6 is 27.3 Å². The van der Waals surface area contributed by atoms with Crippen LogP contribution < -0.4 is 0 Å². The Kier molecular flexibility index (Phi) is 3.79. The standard InChI is InChI=1S/C19H15BrN2S/c1-2-17-18(14-8-10-15(20)11-9-14)22-12-16(21-19(22)23-17)13-6-4-3-5-7-13/h3-12H,2H2,1H3. The molecule has 0 fully saturated rings. The Labute approximate surface area is 147 Å². The molecule has 0 spiro atoms. The summed E-state index contributed by atoms with van der Waals surface area (Å²) in [6, 6.07) is 18.8. The summed E-state index contributed by atoms with van der Waals surface area (Å²) in [5.74, 6) is 0. The minimum atomic E-state index is 1.01. The molecule has 4 heteroatoms. The SMILES string of the molecule is CCc1sc2nc(-c3ccccc3)cn2c1-c1ccc(Br)cc1. The maximum absolute atomic E-state index is 4.83. The molecular weight excluding hydrogens is 368 g/mol. The molecule has 4 aromatic rings. The fourth-order valence-electron chi connectivity index (χ4n) is 2.78. The molecular formula is C19H15BrN2S. The molecule has 0 radical (unpaired) electrons. The number of fused-ring (bicyclic) bond motifs is 1. The van der Waals surface area contributed by atoms with Gasteiger partial charge < -0.3 is 0 Å². The molecule has 0 aliphatic rings. The third kappa shape index (κ3) is 2.62. The Balaban J connectivity index is 1.91. The molecule has 2 heterocycles. The van der Waals surface area contributed by atoms with E-state index in [0.29, 0.717) is 0 Å². The summed E-state index contributed by atoms with van der Waals surface area (Å²) in [5, 5.41) is 0. The molecule has 4 rings (SSSR count). The zero-order valence-corrected chi connectivity index (χ0v) is 15.1. The van der Waals surface area contributed by atoms with E-state index >= 15 is 0 Å². The van der Waals surface area contributed by atoms with Gasteiger partial charge in [0.2, 0.25) is 0 Å². The molecule has 0 unspecified atom stereocenters. The molecule has 114 valence electrons. The molecule has 0 amide bonds. The van der Waals surface area contributed by atoms with Gasteiger partial charge >= 0.3 is 0 Å². The Morgan fingerprint density at radius 2 is 1.74 bits per heavy atom. The molecule has 23 heavy (non-hydrogen) atoms. The predicted octanol–water partition coefficient (Wildman–Crippen LogP) is 6.05. The lowest BCUT2D eigenvalue weighted by atomic mass is 10.1. The van der Waals surface area contributed by atoms with Crippen molar-refractivity contribution < 1.29 is 0 Å². The molecule has 0 atom stereocenters. The molecule has 2 aromatic heterocycles. The van der Waals surface area contributed by atoms with Crippen LogP contribution in [0.3, 0.4) is 0 Å². The van der Waals surface area contributed by atoms with Gasteiger partial charge in [-0.05, 0) is 24.1 Å². The van der Waals surface area contributed by atoms with Crippen LogP contribution in [0, 0.1) is 0 Å². The van der Waals surface area contributed by atoms with Gasteiger partial charge in [-0.25, -0.2) is 4.98 Å². The summed E-state index contributed by atoms with van der Waals surface area (Å²) in [6.07, 6.45) is 3.16. The first-order chi connectivity index (χ1) is 11.3. The highest BCUT2D eigenvalue weighted by molar-refractivity contribution is 9.10. The number of rotatable bonds is 3. The van der Waals surface area contributed by atoms with Gasteiger partial charge in [0.25, 0.3) is 0 Å².